The van der Waals surface area contributed by atoms with E-state index in [2.05, 4.69) is 6.92 Å². The van der Waals surface area contributed by atoms with Gasteiger partial charge in [0.15, 0.2) is 0 Å². The van der Waals surface area contributed by atoms with Gasteiger partial charge in [-0.1, -0.05) is 46.0 Å². The van der Waals surface area contributed by atoms with E-state index in [9.17, 15) is 9.59 Å². The molecule has 0 aromatic carbocycles. The third-order valence-electron chi connectivity index (χ3n) is 3.26. The molecule has 16 heavy (non-hydrogen) atoms. The van der Waals surface area contributed by atoms with E-state index in [1.54, 1.807) is 0 Å². The number of cyclic esters (lactones) is 2. The van der Waals surface area contributed by atoms with Crippen LogP contribution in [0.5, 0.6) is 0 Å². The zero-order chi connectivity index (χ0) is 12.0. The third kappa shape index (κ3) is 3.32. The average Bonchev–Trinajstić information content (AvgIpc) is 2.51. The molecule has 0 radical (unpaired) electrons. The van der Waals surface area contributed by atoms with E-state index < -0.39 is 0 Å². The maximum atomic E-state index is 11.5. The fourth-order valence-corrected chi connectivity index (χ4v) is 2.32. The second-order valence-electron chi connectivity index (χ2n) is 4.59. The van der Waals surface area contributed by atoms with Gasteiger partial charge in [-0.2, -0.15) is 0 Å². The fourth-order valence-electron chi connectivity index (χ4n) is 2.32. The van der Waals surface area contributed by atoms with Crippen molar-refractivity contribution in [1.82, 2.24) is 0 Å². The third-order valence-corrected chi connectivity index (χ3v) is 3.26. The summed E-state index contributed by atoms with van der Waals surface area (Å²) >= 11 is 0. The molecule has 3 nitrogen and oxygen atoms in total. The molecule has 0 amide bonds. The lowest BCUT2D eigenvalue weighted by molar-refractivity contribution is -0.153. The van der Waals surface area contributed by atoms with Gasteiger partial charge in [0.1, 0.15) is 0 Å². The Hall–Kier alpha value is -0.860. The topological polar surface area (TPSA) is 43.4 Å². The summed E-state index contributed by atoms with van der Waals surface area (Å²) in [6.07, 6.45) is 7.09. The summed E-state index contributed by atoms with van der Waals surface area (Å²) in [5.74, 6) is -0.921. The Balaban J connectivity index is 2.41. The van der Waals surface area contributed by atoms with Crippen LogP contribution >= 0.6 is 0 Å². The summed E-state index contributed by atoms with van der Waals surface area (Å²) in [4.78, 5) is 22.9. The van der Waals surface area contributed by atoms with Crippen LogP contribution in [0.25, 0.3) is 0 Å². The van der Waals surface area contributed by atoms with Gasteiger partial charge in [-0.15, -0.1) is 0 Å². The van der Waals surface area contributed by atoms with E-state index in [1.807, 2.05) is 6.92 Å². The molecule has 92 valence electrons. The first-order valence-corrected chi connectivity index (χ1v) is 6.46. The van der Waals surface area contributed by atoms with Crippen molar-refractivity contribution in [3.05, 3.63) is 0 Å². The van der Waals surface area contributed by atoms with E-state index in [-0.39, 0.29) is 23.8 Å². The van der Waals surface area contributed by atoms with E-state index >= 15 is 0 Å². The van der Waals surface area contributed by atoms with E-state index in [0.717, 1.165) is 32.1 Å². The summed E-state index contributed by atoms with van der Waals surface area (Å²) < 4.78 is 4.72. The minimum atomic E-state index is -0.299. The lowest BCUT2D eigenvalue weighted by Crippen LogP contribution is -2.17. The largest absolute Gasteiger partial charge is 0.393 e. The van der Waals surface area contributed by atoms with Crippen LogP contribution in [-0.2, 0) is 14.3 Å². The molecule has 0 aromatic rings. The van der Waals surface area contributed by atoms with Crippen LogP contribution in [0, 0.1) is 11.8 Å². The minimum Gasteiger partial charge on any atom is -0.393 e. The monoisotopic (exact) mass is 226 g/mol. The van der Waals surface area contributed by atoms with Crippen LogP contribution in [-0.4, -0.2) is 11.9 Å². The van der Waals surface area contributed by atoms with Gasteiger partial charge in [-0.25, -0.2) is 0 Å². The van der Waals surface area contributed by atoms with Crippen LogP contribution in [0.15, 0.2) is 0 Å². The molecule has 1 rings (SSSR count). The average molecular weight is 226 g/mol. The van der Waals surface area contributed by atoms with Crippen molar-refractivity contribution < 1.29 is 14.3 Å². The molecule has 0 aliphatic carbocycles. The molecule has 1 fully saturated rings. The Bertz CT molecular complexity index is 248. The van der Waals surface area contributed by atoms with Gasteiger partial charge in [0.2, 0.25) is 0 Å². The number of carbonyl (C=O) groups excluding carboxylic acids is 2. The van der Waals surface area contributed by atoms with Crippen LogP contribution in [0.2, 0.25) is 0 Å². The Labute approximate surface area is 97.5 Å². The number of rotatable bonds is 7. The first kappa shape index (κ1) is 13.2. The highest BCUT2D eigenvalue weighted by Crippen LogP contribution is 2.31. The van der Waals surface area contributed by atoms with Crippen molar-refractivity contribution in [2.75, 3.05) is 0 Å². The maximum Gasteiger partial charge on any atom is 0.317 e. The van der Waals surface area contributed by atoms with E-state index in [4.69, 9.17) is 4.74 Å². The molecule has 0 saturated carbocycles. The molecule has 0 N–H and O–H groups in total. The van der Waals surface area contributed by atoms with Crippen LogP contribution in [0.4, 0.5) is 0 Å². The van der Waals surface area contributed by atoms with Gasteiger partial charge in [0.25, 0.3) is 0 Å². The molecule has 2 atom stereocenters. The number of hydrogen-bond acceptors (Lipinski definition) is 3. The van der Waals surface area contributed by atoms with Gasteiger partial charge in [0, 0.05) is 0 Å². The minimum absolute atomic E-state index is 0.163. The van der Waals surface area contributed by atoms with Crippen molar-refractivity contribution in [3.8, 4) is 0 Å². The zero-order valence-electron chi connectivity index (χ0n) is 10.3. The van der Waals surface area contributed by atoms with Gasteiger partial charge in [-0.3, -0.25) is 9.59 Å². The molecule has 3 heteroatoms. The molecular formula is C13H22O3. The molecule has 0 aromatic heterocycles. The van der Waals surface area contributed by atoms with Crippen LogP contribution < -0.4 is 0 Å². The standard InChI is InChI=1S/C13H22O3/c1-3-5-6-7-9-11-10(8-4-2)12(14)16-13(11)15/h10-11H,3-9H2,1-2H3. The number of unbranched alkanes of at least 4 members (excludes halogenated alkanes) is 3. The summed E-state index contributed by atoms with van der Waals surface area (Å²) in [6.45, 7) is 4.19. The van der Waals surface area contributed by atoms with E-state index in [1.165, 1.54) is 12.8 Å². The van der Waals surface area contributed by atoms with Gasteiger partial charge < -0.3 is 4.74 Å². The summed E-state index contributed by atoms with van der Waals surface area (Å²) in [6, 6.07) is 0. The number of hydrogen-bond donors (Lipinski definition) is 0. The number of carbonyl (C=O) groups is 2. The highest BCUT2D eigenvalue weighted by atomic mass is 16.6. The summed E-state index contributed by atoms with van der Waals surface area (Å²) in [7, 11) is 0. The van der Waals surface area contributed by atoms with Crippen molar-refractivity contribution in [2.45, 2.75) is 58.8 Å². The number of esters is 2. The highest BCUT2D eigenvalue weighted by Gasteiger charge is 2.42. The second kappa shape index (κ2) is 6.66. The lowest BCUT2D eigenvalue weighted by Gasteiger charge is -2.11. The molecule has 2 unspecified atom stereocenters. The molecule has 1 aliphatic rings. The van der Waals surface area contributed by atoms with Crippen molar-refractivity contribution >= 4 is 11.9 Å². The number of ether oxygens (including phenoxy) is 1. The maximum absolute atomic E-state index is 11.5. The van der Waals surface area contributed by atoms with Gasteiger partial charge in [0.05, 0.1) is 11.8 Å². The molecule has 1 heterocycles. The molecule has 1 aliphatic heterocycles. The normalized spacial score (nSPS) is 24.9. The van der Waals surface area contributed by atoms with E-state index in [0.29, 0.717) is 0 Å². The Morgan fingerprint density at radius 2 is 1.50 bits per heavy atom. The Morgan fingerprint density at radius 3 is 2.06 bits per heavy atom. The van der Waals surface area contributed by atoms with Crippen LogP contribution in [0.3, 0.4) is 0 Å². The van der Waals surface area contributed by atoms with Crippen molar-refractivity contribution in [2.24, 2.45) is 11.8 Å². The van der Waals surface area contributed by atoms with Crippen LogP contribution in [0.1, 0.15) is 58.8 Å². The Morgan fingerprint density at radius 1 is 0.875 bits per heavy atom. The quantitative estimate of drug-likeness (QED) is 0.380. The SMILES string of the molecule is CCCCCCC1C(=O)OC(=O)C1CCC. The summed E-state index contributed by atoms with van der Waals surface area (Å²) in [5.41, 5.74) is 0. The highest BCUT2D eigenvalue weighted by molar-refractivity contribution is 5.96. The molecule has 1 saturated heterocycles. The predicted octanol–water partition coefficient (Wildman–Crippen LogP) is 3.07. The first-order chi connectivity index (χ1) is 7.70. The van der Waals surface area contributed by atoms with Crippen molar-refractivity contribution in [3.63, 3.8) is 0 Å². The fraction of sp³-hybridized carbons (Fsp3) is 0.846. The zero-order valence-corrected chi connectivity index (χ0v) is 10.3. The molecular weight excluding hydrogens is 204 g/mol. The predicted molar refractivity (Wildman–Crippen MR) is 61.7 cm³/mol. The lowest BCUT2D eigenvalue weighted by atomic mass is 9.87. The second-order valence-corrected chi connectivity index (χ2v) is 4.59. The molecule has 0 bridgehead atoms. The smallest absolute Gasteiger partial charge is 0.317 e. The summed E-state index contributed by atoms with van der Waals surface area (Å²) in [5, 5.41) is 0. The first-order valence-electron chi connectivity index (χ1n) is 6.46. The van der Waals surface area contributed by atoms with Crippen molar-refractivity contribution in [1.29, 1.82) is 0 Å². The molecule has 0 spiro atoms. The Kier molecular flexibility index (Phi) is 5.50. The van der Waals surface area contributed by atoms with Gasteiger partial charge in [-0.05, 0) is 12.8 Å². The van der Waals surface area contributed by atoms with Gasteiger partial charge >= 0.3 is 11.9 Å².